The van der Waals surface area contributed by atoms with E-state index in [0.29, 0.717) is 22.6 Å². The van der Waals surface area contributed by atoms with Crippen molar-refractivity contribution in [3.63, 3.8) is 0 Å². The molecule has 1 saturated heterocycles. The summed E-state index contributed by atoms with van der Waals surface area (Å²) in [5.41, 5.74) is 1.90. The number of hydrogen-bond acceptors (Lipinski definition) is 6. The van der Waals surface area contributed by atoms with E-state index < -0.39 is 11.7 Å². The van der Waals surface area contributed by atoms with Gasteiger partial charge in [0.05, 0.1) is 24.0 Å². The second-order valence-corrected chi connectivity index (χ2v) is 10.3. The maximum Gasteiger partial charge on any atom is 0.417 e. The van der Waals surface area contributed by atoms with E-state index in [9.17, 15) is 13.2 Å². The molecule has 4 aromatic rings. The standard InChI is InChI=1S/C25H25F3N8/c26-25(27,28)17-1-2-21-30-12-19(36(21)14-17)23-29-6-3-22(33-23)35-8-7-34(13-18-9-24(18)4-5-24)20(15-35)16-10-31-32-11-16/h1-3,6,10-12,14,18,20H,4-5,7-9,13,15H2,(H,31,32)/t18-,20-/m0/s1. The van der Waals surface area contributed by atoms with Crippen LogP contribution in [0.2, 0.25) is 0 Å². The Morgan fingerprint density at radius 1 is 1.08 bits per heavy atom. The lowest BCUT2D eigenvalue weighted by Gasteiger charge is -2.42. The van der Waals surface area contributed by atoms with E-state index in [0.717, 1.165) is 55.7 Å². The smallest absolute Gasteiger partial charge is 0.353 e. The first-order chi connectivity index (χ1) is 17.4. The SMILES string of the molecule is FC(F)(F)c1ccc2ncc(-c3nccc(N4CCN(C[C@@H]5CC56CC6)[C@H](c5cn[nH]c5)C4)n3)n2c1. The lowest BCUT2D eigenvalue weighted by atomic mass is 10.0. The number of rotatable bonds is 5. The Morgan fingerprint density at radius 2 is 1.97 bits per heavy atom. The molecule has 1 N–H and O–H groups in total. The van der Waals surface area contributed by atoms with Gasteiger partial charge in [0, 0.05) is 50.3 Å². The van der Waals surface area contributed by atoms with E-state index in [1.54, 1.807) is 6.20 Å². The van der Waals surface area contributed by atoms with Gasteiger partial charge >= 0.3 is 6.18 Å². The molecule has 0 radical (unpaired) electrons. The topological polar surface area (TPSA) is 78.2 Å². The van der Waals surface area contributed by atoms with Crippen molar-refractivity contribution in [3.05, 3.63) is 60.3 Å². The third-order valence-corrected chi connectivity index (χ3v) is 8.13. The summed E-state index contributed by atoms with van der Waals surface area (Å²) in [7, 11) is 0. The van der Waals surface area contributed by atoms with Crippen molar-refractivity contribution in [2.45, 2.75) is 31.5 Å². The number of piperazine rings is 1. The maximum absolute atomic E-state index is 13.3. The highest BCUT2D eigenvalue weighted by Crippen LogP contribution is 2.70. The summed E-state index contributed by atoms with van der Waals surface area (Å²) in [5, 5.41) is 7.13. The largest absolute Gasteiger partial charge is 0.417 e. The van der Waals surface area contributed by atoms with Crippen molar-refractivity contribution in [1.82, 2.24) is 34.4 Å². The molecule has 8 nitrogen and oxygen atoms in total. The monoisotopic (exact) mass is 494 g/mol. The van der Waals surface area contributed by atoms with Gasteiger partial charge in [-0.15, -0.1) is 0 Å². The second-order valence-electron chi connectivity index (χ2n) is 10.3. The Balaban J connectivity index is 1.17. The maximum atomic E-state index is 13.3. The van der Waals surface area contributed by atoms with Crippen molar-refractivity contribution in [3.8, 4) is 11.5 Å². The number of aromatic amines is 1. The molecule has 2 atom stereocenters. The minimum Gasteiger partial charge on any atom is -0.353 e. The zero-order valence-corrected chi connectivity index (χ0v) is 19.5. The number of nitrogens with one attached hydrogen (secondary N) is 1. The number of nitrogens with zero attached hydrogens (tertiary/aromatic N) is 7. The van der Waals surface area contributed by atoms with Crippen LogP contribution in [0.25, 0.3) is 17.2 Å². The minimum absolute atomic E-state index is 0.192. The molecule has 7 rings (SSSR count). The van der Waals surface area contributed by atoms with Crippen LogP contribution in [-0.4, -0.2) is 60.6 Å². The molecule has 0 aromatic carbocycles. The Morgan fingerprint density at radius 3 is 2.72 bits per heavy atom. The molecular weight excluding hydrogens is 469 g/mol. The molecule has 186 valence electrons. The Kier molecular flexibility index (Phi) is 4.70. The zero-order valence-electron chi connectivity index (χ0n) is 19.5. The second kappa shape index (κ2) is 7.76. The number of halogens is 3. The van der Waals surface area contributed by atoms with E-state index in [1.807, 2.05) is 18.5 Å². The molecule has 11 heteroatoms. The molecule has 0 bridgehead atoms. The number of fused-ring (bicyclic) bond motifs is 1. The van der Waals surface area contributed by atoms with Crippen LogP contribution in [0.5, 0.6) is 0 Å². The average Bonchev–Trinajstić information content (AvgIpc) is 3.61. The van der Waals surface area contributed by atoms with E-state index in [2.05, 4.69) is 30.0 Å². The first-order valence-corrected chi connectivity index (χ1v) is 12.3. The van der Waals surface area contributed by atoms with Gasteiger partial charge in [0.15, 0.2) is 5.82 Å². The summed E-state index contributed by atoms with van der Waals surface area (Å²) >= 11 is 0. The summed E-state index contributed by atoms with van der Waals surface area (Å²) in [5.74, 6) is 1.90. The van der Waals surface area contributed by atoms with E-state index in [4.69, 9.17) is 4.98 Å². The van der Waals surface area contributed by atoms with E-state index >= 15 is 0 Å². The van der Waals surface area contributed by atoms with Gasteiger partial charge in [-0.25, -0.2) is 15.0 Å². The highest BCUT2D eigenvalue weighted by atomic mass is 19.4. The molecule has 4 aromatic heterocycles. The normalized spacial score (nSPS) is 23.5. The molecule has 2 saturated carbocycles. The van der Waals surface area contributed by atoms with Gasteiger partial charge < -0.3 is 4.90 Å². The summed E-state index contributed by atoms with van der Waals surface area (Å²) < 4.78 is 41.3. The van der Waals surface area contributed by atoms with Crippen LogP contribution in [-0.2, 0) is 6.18 Å². The van der Waals surface area contributed by atoms with Gasteiger partial charge in [-0.3, -0.25) is 14.4 Å². The molecular formula is C25H25F3N8. The van der Waals surface area contributed by atoms with E-state index in [-0.39, 0.29) is 6.04 Å². The van der Waals surface area contributed by atoms with Crippen LogP contribution in [0.3, 0.4) is 0 Å². The van der Waals surface area contributed by atoms with Crippen molar-refractivity contribution in [1.29, 1.82) is 0 Å². The van der Waals surface area contributed by atoms with E-state index in [1.165, 1.54) is 35.9 Å². The van der Waals surface area contributed by atoms with Crippen LogP contribution in [0.15, 0.2) is 49.2 Å². The number of H-pyrrole nitrogens is 1. The molecule has 3 aliphatic rings. The molecule has 1 aliphatic heterocycles. The van der Waals surface area contributed by atoms with Crippen LogP contribution in [0.1, 0.15) is 36.4 Å². The van der Waals surface area contributed by atoms with Crippen molar-refractivity contribution < 1.29 is 13.2 Å². The lowest BCUT2D eigenvalue weighted by molar-refractivity contribution is -0.137. The summed E-state index contributed by atoms with van der Waals surface area (Å²) in [6.07, 6.45) is 7.75. The molecule has 3 fully saturated rings. The fourth-order valence-electron chi connectivity index (χ4n) is 5.71. The highest BCUT2D eigenvalue weighted by Gasteiger charge is 2.62. The van der Waals surface area contributed by atoms with Crippen LogP contribution in [0.4, 0.5) is 19.0 Å². The number of aromatic nitrogens is 6. The lowest BCUT2D eigenvalue weighted by Crippen LogP contribution is -2.49. The van der Waals surface area contributed by atoms with Crippen molar-refractivity contribution >= 4 is 11.5 Å². The molecule has 2 aliphatic carbocycles. The Hall–Kier alpha value is -3.47. The Bertz CT molecular complexity index is 1410. The molecule has 5 heterocycles. The highest BCUT2D eigenvalue weighted by molar-refractivity contribution is 5.59. The third kappa shape index (κ3) is 3.73. The zero-order chi connectivity index (χ0) is 24.5. The number of pyridine rings is 1. The fourth-order valence-corrected chi connectivity index (χ4v) is 5.71. The number of imidazole rings is 1. The minimum atomic E-state index is -4.44. The first-order valence-electron chi connectivity index (χ1n) is 12.3. The predicted molar refractivity (Wildman–Crippen MR) is 126 cm³/mol. The molecule has 0 unspecified atom stereocenters. The molecule has 36 heavy (non-hydrogen) atoms. The summed E-state index contributed by atoms with van der Waals surface area (Å²) in [6, 6.07) is 4.44. The van der Waals surface area contributed by atoms with Crippen LogP contribution >= 0.6 is 0 Å². The Labute approximate surface area is 205 Å². The number of hydrogen-bond donors (Lipinski definition) is 1. The van der Waals surface area contributed by atoms with Crippen LogP contribution < -0.4 is 4.90 Å². The quantitative estimate of drug-likeness (QED) is 0.448. The average molecular weight is 495 g/mol. The van der Waals surface area contributed by atoms with Crippen LogP contribution in [0, 0.1) is 11.3 Å². The van der Waals surface area contributed by atoms with Crippen molar-refractivity contribution in [2.24, 2.45) is 11.3 Å². The fraction of sp³-hybridized carbons (Fsp3) is 0.440. The van der Waals surface area contributed by atoms with Gasteiger partial charge in [-0.05, 0) is 48.8 Å². The van der Waals surface area contributed by atoms with Gasteiger partial charge in [-0.1, -0.05) is 0 Å². The third-order valence-electron chi connectivity index (χ3n) is 8.13. The molecule has 0 amide bonds. The predicted octanol–water partition coefficient (Wildman–Crippen LogP) is 4.20. The molecule has 1 spiro atoms. The van der Waals surface area contributed by atoms with Gasteiger partial charge in [0.25, 0.3) is 0 Å². The van der Waals surface area contributed by atoms with Gasteiger partial charge in [0.1, 0.15) is 17.2 Å². The summed E-state index contributed by atoms with van der Waals surface area (Å²) in [4.78, 5) is 18.2. The van der Waals surface area contributed by atoms with Gasteiger partial charge in [0.2, 0.25) is 0 Å². The van der Waals surface area contributed by atoms with Crippen molar-refractivity contribution in [2.75, 3.05) is 31.1 Å². The number of anilines is 1. The first kappa shape index (κ1) is 21.8. The van der Waals surface area contributed by atoms with Gasteiger partial charge in [-0.2, -0.15) is 18.3 Å². The number of alkyl halides is 3. The summed E-state index contributed by atoms with van der Waals surface area (Å²) in [6.45, 7) is 3.59.